The summed E-state index contributed by atoms with van der Waals surface area (Å²) in [7, 11) is 0. The van der Waals surface area contributed by atoms with E-state index in [0.717, 1.165) is 0 Å². The predicted molar refractivity (Wildman–Crippen MR) is 50.1 cm³/mol. The average molecular weight is 196 g/mol. The second-order valence-electron chi connectivity index (χ2n) is 2.98. The Labute approximate surface area is 81.4 Å². The normalized spacial score (nSPS) is 12.4. The summed E-state index contributed by atoms with van der Waals surface area (Å²) in [6.45, 7) is 1.83. The molecule has 1 rings (SSSR count). The smallest absolute Gasteiger partial charge is 0.337 e. The fourth-order valence-electron chi connectivity index (χ4n) is 1.30. The van der Waals surface area contributed by atoms with Crippen LogP contribution in [0.25, 0.3) is 0 Å². The van der Waals surface area contributed by atoms with Crippen LogP contribution in [0.5, 0.6) is 5.75 Å². The zero-order valence-corrected chi connectivity index (χ0v) is 7.77. The molecule has 4 heteroatoms. The molecular weight excluding hydrogens is 184 g/mol. The molecule has 1 aromatic rings. The van der Waals surface area contributed by atoms with E-state index in [1.54, 1.807) is 0 Å². The molecule has 0 heterocycles. The van der Waals surface area contributed by atoms with Crippen LogP contribution < -0.4 is 0 Å². The Hall–Kier alpha value is -1.55. The summed E-state index contributed by atoms with van der Waals surface area (Å²) in [6.07, 6.45) is -0.959. The summed E-state index contributed by atoms with van der Waals surface area (Å²) < 4.78 is 0. The van der Waals surface area contributed by atoms with E-state index in [1.165, 1.54) is 18.2 Å². The monoisotopic (exact) mass is 196 g/mol. The quantitative estimate of drug-likeness (QED) is 0.675. The van der Waals surface area contributed by atoms with E-state index in [-0.39, 0.29) is 5.75 Å². The molecule has 1 unspecified atom stereocenters. The highest BCUT2D eigenvalue weighted by atomic mass is 16.4. The molecule has 1 atom stereocenters. The van der Waals surface area contributed by atoms with Crippen molar-refractivity contribution in [2.75, 3.05) is 0 Å². The third kappa shape index (κ3) is 2.03. The highest BCUT2D eigenvalue weighted by Crippen LogP contribution is 2.23. The van der Waals surface area contributed by atoms with Crippen molar-refractivity contribution >= 4 is 5.97 Å². The Kier molecular flexibility index (Phi) is 3.09. The SMILES string of the molecule is CCc1cc(O)ccc1C(O)C(=O)O. The van der Waals surface area contributed by atoms with Crippen molar-refractivity contribution in [3.63, 3.8) is 0 Å². The number of aliphatic hydroxyl groups is 1. The molecule has 0 saturated carbocycles. The molecule has 14 heavy (non-hydrogen) atoms. The van der Waals surface area contributed by atoms with Gasteiger partial charge in [-0.15, -0.1) is 0 Å². The van der Waals surface area contributed by atoms with Crippen LogP contribution in [0.4, 0.5) is 0 Å². The first-order valence-corrected chi connectivity index (χ1v) is 4.29. The van der Waals surface area contributed by atoms with E-state index in [4.69, 9.17) is 10.2 Å². The molecule has 0 aliphatic carbocycles. The summed E-state index contributed by atoms with van der Waals surface area (Å²) in [5.41, 5.74) is 0.970. The lowest BCUT2D eigenvalue weighted by molar-refractivity contribution is -0.147. The Morgan fingerprint density at radius 3 is 2.64 bits per heavy atom. The van der Waals surface area contributed by atoms with Crippen LogP contribution in [0.15, 0.2) is 18.2 Å². The number of carbonyl (C=O) groups is 1. The van der Waals surface area contributed by atoms with E-state index >= 15 is 0 Å². The van der Waals surface area contributed by atoms with Crippen molar-refractivity contribution in [3.8, 4) is 5.75 Å². The highest BCUT2D eigenvalue weighted by Gasteiger charge is 2.18. The van der Waals surface area contributed by atoms with Gasteiger partial charge in [-0.25, -0.2) is 4.79 Å². The molecule has 76 valence electrons. The van der Waals surface area contributed by atoms with E-state index in [0.29, 0.717) is 17.5 Å². The van der Waals surface area contributed by atoms with Gasteiger partial charge in [0.15, 0.2) is 6.10 Å². The number of carboxylic acid groups (broad SMARTS) is 1. The van der Waals surface area contributed by atoms with Crippen LogP contribution in [-0.4, -0.2) is 21.3 Å². The lowest BCUT2D eigenvalue weighted by atomic mass is 10.0. The zero-order valence-electron chi connectivity index (χ0n) is 7.77. The number of aliphatic carboxylic acids is 1. The fraction of sp³-hybridized carbons (Fsp3) is 0.300. The van der Waals surface area contributed by atoms with Gasteiger partial charge in [-0.2, -0.15) is 0 Å². The van der Waals surface area contributed by atoms with Gasteiger partial charge in [0.2, 0.25) is 0 Å². The van der Waals surface area contributed by atoms with Gasteiger partial charge in [-0.3, -0.25) is 0 Å². The third-order valence-electron chi connectivity index (χ3n) is 2.04. The predicted octanol–water partition coefficient (Wildman–Crippen LogP) is 1.07. The number of aryl methyl sites for hydroxylation is 1. The maximum Gasteiger partial charge on any atom is 0.337 e. The minimum absolute atomic E-state index is 0.0724. The van der Waals surface area contributed by atoms with Gasteiger partial charge >= 0.3 is 5.97 Å². The molecule has 0 amide bonds. The first-order chi connectivity index (χ1) is 6.56. The Bertz CT molecular complexity index is 346. The first kappa shape index (κ1) is 10.5. The number of hydrogen-bond donors (Lipinski definition) is 3. The van der Waals surface area contributed by atoms with Gasteiger partial charge in [0, 0.05) is 0 Å². The van der Waals surface area contributed by atoms with Crippen LogP contribution in [0.1, 0.15) is 24.2 Å². The number of benzene rings is 1. The van der Waals surface area contributed by atoms with Gasteiger partial charge in [0.05, 0.1) is 0 Å². The third-order valence-corrected chi connectivity index (χ3v) is 2.04. The molecule has 0 bridgehead atoms. The second kappa shape index (κ2) is 4.11. The van der Waals surface area contributed by atoms with Crippen LogP contribution in [0.2, 0.25) is 0 Å². The number of phenols is 1. The minimum atomic E-state index is -1.52. The molecule has 0 radical (unpaired) electrons. The van der Waals surface area contributed by atoms with E-state index in [1.807, 2.05) is 6.92 Å². The van der Waals surface area contributed by atoms with Gasteiger partial charge < -0.3 is 15.3 Å². The maximum absolute atomic E-state index is 10.5. The molecule has 0 spiro atoms. The Morgan fingerprint density at radius 1 is 1.50 bits per heavy atom. The topological polar surface area (TPSA) is 77.8 Å². The standard InChI is InChI=1S/C10H12O4/c1-2-6-5-7(11)3-4-8(6)9(12)10(13)14/h3-5,9,11-12H,2H2,1H3,(H,13,14). The summed E-state index contributed by atoms with van der Waals surface area (Å²) >= 11 is 0. The number of rotatable bonds is 3. The minimum Gasteiger partial charge on any atom is -0.508 e. The molecular formula is C10H12O4. The molecule has 0 saturated heterocycles. The van der Waals surface area contributed by atoms with E-state index < -0.39 is 12.1 Å². The maximum atomic E-state index is 10.5. The van der Waals surface area contributed by atoms with Crippen molar-refractivity contribution in [2.24, 2.45) is 0 Å². The number of carboxylic acids is 1. The number of aromatic hydroxyl groups is 1. The lowest BCUT2D eigenvalue weighted by Gasteiger charge is -2.11. The molecule has 0 aromatic heterocycles. The molecule has 1 aromatic carbocycles. The van der Waals surface area contributed by atoms with Crippen LogP contribution in [-0.2, 0) is 11.2 Å². The lowest BCUT2D eigenvalue weighted by Crippen LogP contribution is -2.12. The zero-order chi connectivity index (χ0) is 10.7. The van der Waals surface area contributed by atoms with Crippen molar-refractivity contribution in [3.05, 3.63) is 29.3 Å². The second-order valence-corrected chi connectivity index (χ2v) is 2.98. The molecule has 0 aliphatic rings. The van der Waals surface area contributed by atoms with Crippen LogP contribution >= 0.6 is 0 Å². The Morgan fingerprint density at radius 2 is 2.14 bits per heavy atom. The fourth-order valence-corrected chi connectivity index (χ4v) is 1.30. The number of aliphatic hydroxyl groups excluding tert-OH is 1. The summed E-state index contributed by atoms with van der Waals surface area (Å²) in [5.74, 6) is -1.21. The molecule has 0 fully saturated rings. The Balaban J connectivity index is 3.13. The van der Waals surface area contributed by atoms with Crippen molar-refractivity contribution in [1.82, 2.24) is 0 Å². The summed E-state index contributed by atoms with van der Waals surface area (Å²) in [5, 5.41) is 27.1. The molecule has 3 N–H and O–H groups in total. The van der Waals surface area contributed by atoms with Gasteiger partial charge in [0.1, 0.15) is 5.75 Å². The van der Waals surface area contributed by atoms with E-state index in [9.17, 15) is 9.90 Å². The number of phenolic OH excluding ortho intramolecular Hbond substituents is 1. The van der Waals surface area contributed by atoms with Crippen molar-refractivity contribution in [1.29, 1.82) is 0 Å². The average Bonchev–Trinajstić information content (AvgIpc) is 2.16. The summed E-state index contributed by atoms with van der Waals surface area (Å²) in [6, 6.07) is 4.25. The first-order valence-electron chi connectivity index (χ1n) is 4.29. The van der Waals surface area contributed by atoms with Gasteiger partial charge in [-0.05, 0) is 29.7 Å². The van der Waals surface area contributed by atoms with Crippen LogP contribution in [0, 0.1) is 0 Å². The number of hydrogen-bond acceptors (Lipinski definition) is 3. The van der Waals surface area contributed by atoms with Crippen molar-refractivity contribution in [2.45, 2.75) is 19.4 Å². The molecule has 4 nitrogen and oxygen atoms in total. The summed E-state index contributed by atoms with van der Waals surface area (Å²) in [4.78, 5) is 10.5. The van der Waals surface area contributed by atoms with Gasteiger partial charge in [-0.1, -0.05) is 13.0 Å². The van der Waals surface area contributed by atoms with Crippen LogP contribution in [0.3, 0.4) is 0 Å². The largest absolute Gasteiger partial charge is 0.508 e. The van der Waals surface area contributed by atoms with Crippen molar-refractivity contribution < 1.29 is 20.1 Å². The van der Waals surface area contributed by atoms with Gasteiger partial charge in [0.25, 0.3) is 0 Å². The van der Waals surface area contributed by atoms with E-state index in [2.05, 4.69) is 0 Å². The highest BCUT2D eigenvalue weighted by molar-refractivity contribution is 5.74. The molecule has 0 aliphatic heterocycles.